The van der Waals surface area contributed by atoms with Crippen LogP contribution in [0.3, 0.4) is 0 Å². The zero-order chi connectivity index (χ0) is 15.2. The highest BCUT2D eigenvalue weighted by Gasteiger charge is 2.15. The Morgan fingerprint density at radius 1 is 1.38 bits per heavy atom. The fourth-order valence-corrected chi connectivity index (χ4v) is 2.10. The van der Waals surface area contributed by atoms with Crippen LogP contribution in [-0.2, 0) is 0 Å². The van der Waals surface area contributed by atoms with Crippen LogP contribution in [0.5, 0.6) is 11.5 Å². The molecular weight excluding hydrogens is 267 g/mol. The lowest BCUT2D eigenvalue weighted by atomic mass is 10.0. The molecule has 112 valence electrons. The Kier molecular flexibility index (Phi) is 5.28. The summed E-state index contributed by atoms with van der Waals surface area (Å²) in [5.74, 6) is 1.10. The number of aromatic nitrogens is 1. The van der Waals surface area contributed by atoms with Gasteiger partial charge in [0.2, 0.25) is 0 Å². The van der Waals surface area contributed by atoms with E-state index in [2.05, 4.69) is 17.2 Å². The zero-order valence-electron chi connectivity index (χ0n) is 12.7. The van der Waals surface area contributed by atoms with Crippen molar-refractivity contribution in [3.63, 3.8) is 0 Å². The SMILES string of the molecule is CCCNC(C)c1cc(F)c(C)cc1Oc1cccnc1. The van der Waals surface area contributed by atoms with E-state index < -0.39 is 0 Å². The number of aryl methyl sites for hydroxylation is 1. The molecule has 0 aliphatic carbocycles. The van der Waals surface area contributed by atoms with E-state index in [1.165, 1.54) is 0 Å². The minimum absolute atomic E-state index is 0.0201. The van der Waals surface area contributed by atoms with Gasteiger partial charge in [0.25, 0.3) is 0 Å². The van der Waals surface area contributed by atoms with Gasteiger partial charge in [0.05, 0.1) is 6.20 Å². The van der Waals surface area contributed by atoms with Crippen LogP contribution in [0.1, 0.15) is 37.4 Å². The van der Waals surface area contributed by atoms with Crippen LogP contribution in [0.15, 0.2) is 36.7 Å². The maximum atomic E-state index is 13.9. The van der Waals surface area contributed by atoms with Gasteiger partial charge in [-0.25, -0.2) is 4.39 Å². The Hall–Kier alpha value is -1.94. The maximum absolute atomic E-state index is 13.9. The number of hydrogen-bond donors (Lipinski definition) is 1. The van der Waals surface area contributed by atoms with Gasteiger partial charge in [-0.2, -0.15) is 0 Å². The molecular formula is C17H21FN2O. The number of rotatable bonds is 6. The number of benzene rings is 1. The summed E-state index contributed by atoms with van der Waals surface area (Å²) in [5, 5.41) is 3.36. The van der Waals surface area contributed by atoms with E-state index in [1.807, 2.05) is 19.1 Å². The van der Waals surface area contributed by atoms with Crippen molar-refractivity contribution in [1.29, 1.82) is 0 Å². The van der Waals surface area contributed by atoms with Crippen molar-refractivity contribution in [2.45, 2.75) is 33.2 Å². The third-order valence-electron chi connectivity index (χ3n) is 3.32. The molecule has 2 aromatic rings. The van der Waals surface area contributed by atoms with Crippen molar-refractivity contribution in [2.24, 2.45) is 0 Å². The molecule has 0 amide bonds. The fourth-order valence-electron chi connectivity index (χ4n) is 2.10. The quantitative estimate of drug-likeness (QED) is 0.856. The molecule has 0 fully saturated rings. The summed E-state index contributed by atoms with van der Waals surface area (Å²) >= 11 is 0. The van der Waals surface area contributed by atoms with Crippen LogP contribution in [0.4, 0.5) is 4.39 Å². The number of ether oxygens (including phenoxy) is 1. The Bertz CT molecular complexity index is 587. The summed E-state index contributed by atoms with van der Waals surface area (Å²) in [6.45, 7) is 6.72. The van der Waals surface area contributed by atoms with Crippen LogP contribution in [0, 0.1) is 12.7 Å². The van der Waals surface area contributed by atoms with Gasteiger partial charge in [0.1, 0.15) is 17.3 Å². The number of halogens is 1. The molecule has 1 heterocycles. The highest BCUT2D eigenvalue weighted by molar-refractivity contribution is 5.42. The van der Waals surface area contributed by atoms with E-state index in [1.54, 1.807) is 31.5 Å². The van der Waals surface area contributed by atoms with Crippen molar-refractivity contribution < 1.29 is 9.13 Å². The molecule has 1 N–H and O–H groups in total. The maximum Gasteiger partial charge on any atom is 0.145 e. The van der Waals surface area contributed by atoms with Crippen molar-refractivity contribution in [3.05, 3.63) is 53.6 Å². The van der Waals surface area contributed by atoms with Gasteiger partial charge < -0.3 is 10.1 Å². The first-order valence-electron chi connectivity index (χ1n) is 7.23. The minimum atomic E-state index is -0.214. The molecule has 2 rings (SSSR count). The molecule has 1 aromatic heterocycles. The van der Waals surface area contributed by atoms with Crippen LogP contribution in [0.2, 0.25) is 0 Å². The third-order valence-corrected chi connectivity index (χ3v) is 3.32. The first-order chi connectivity index (χ1) is 10.1. The second kappa shape index (κ2) is 7.18. The van der Waals surface area contributed by atoms with Crippen LogP contribution in [-0.4, -0.2) is 11.5 Å². The van der Waals surface area contributed by atoms with Gasteiger partial charge in [-0.3, -0.25) is 4.98 Å². The summed E-state index contributed by atoms with van der Waals surface area (Å²) in [6, 6.07) is 6.95. The molecule has 0 saturated carbocycles. The van der Waals surface area contributed by atoms with E-state index >= 15 is 0 Å². The highest BCUT2D eigenvalue weighted by atomic mass is 19.1. The molecule has 3 nitrogen and oxygen atoms in total. The smallest absolute Gasteiger partial charge is 0.145 e. The summed E-state index contributed by atoms with van der Waals surface area (Å²) < 4.78 is 19.8. The largest absolute Gasteiger partial charge is 0.455 e. The predicted molar refractivity (Wildman–Crippen MR) is 82.2 cm³/mol. The minimum Gasteiger partial charge on any atom is -0.455 e. The Morgan fingerprint density at radius 3 is 2.86 bits per heavy atom. The topological polar surface area (TPSA) is 34.1 Å². The van der Waals surface area contributed by atoms with Crippen molar-refractivity contribution in [3.8, 4) is 11.5 Å². The Morgan fingerprint density at radius 2 is 2.19 bits per heavy atom. The zero-order valence-corrected chi connectivity index (χ0v) is 12.7. The normalized spacial score (nSPS) is 12.2. The van der Waals surface area contributed by atoms with Crippen molar-refractivity contribution in [1.82, 2.24) is 10.3 Å². The van der Waals surface area contributed by atoms with E-state index in [9.17, 15) is 4.39 Å². The second-order valence-corrected chi connectivity index (χ2v) is 5.11. The Balaban J connectivity index is 2.31. The monoisotopic (exact) mass is 288 g/mol. The van der Waals surface area contributed by atoms with Gasteiger partial charge in [-0.1, -0.05) is 6.92 Å². The number of pyridine rings is 1. The van der Waals surface area contributed by atoms with Gasteiger partial charge in [0.15, 0.2) is 0 Å². The van der Waals surface area contributed by atoms with E-state index in [4.69, 9.17) is 4.74 Å². The molecule has 1 aromatic carbocycles. The first kappa shape index (κ1) is 15.4. The van der Waals surface area contributed by atoms with E-state index in [0.717, 1.165) is 18.5 Å². The molecule has 0 aliphatic rings. The van der Waals surface area contributed by atoms with Gasteiger partial charge in [-0.15, -0.1) is 0 Å². The first-order valence-corrected chi connectivity index (χ1v) is 7.23. The van der Waals surface area contributed by atoms with Gasteiger partial charge in [0, 0.05) is 17.8 Å². The second-order valence-electron chi connectivity index (χ2n) is 5.11. The molecule has 0 radical (unpaired) electrons. The lowest BCUT2D eigenvalue weighted by molar-refractivity contribution is 0.455. The molecule has 0 spiro atoms. The number of nitrogens with zero attached hydrogens (tertiary/aromatic N) is 1. The van der Waals surface area contributed by atoms with Gasteiger partial charge >= 0.3 is 0 Å². The molecule has 21 heavy (non-hydrogen) atoms. The average Bonchev–Trinajstić information content (AvgIpc) is 2.49. The van der Waals surface area contributed by atoms with Crippen LogP contribution in [0.25, 0.3) is 0 Å². The molecule has 0 bridgehead atoms. The number of nitrogens with one attached hydrogen (secondary N) is 1. The number of hydrogen-bond acceptors (Lipinski definition) is 3. The molecule has 0 aliphatic heterocycles. The molecule has 0 saturated heterocycles. The molecule has 4 heteroatoms. The summed E-state index contributed by atoms with van der Waals surface area (Å²) in [6.07, 6.45) is 4.36. The highest BCUT2D eigenvalue weighted by Crippen LogP contribution is 2.31. The van der Waals surface area contributed by atoms with E-state index in [-0.39, 0.29) is 11.9 Å². The molecule has 1 atom stereocenters. The third kappa shape index (κ3) is 4.02. The average molecular weight is 288 g/mol. The standard InChI is InChI=1S/C17H21FN2O/c1-4-7-20-13(3)15-10-16(18)12(2)9-17(15)21-14-6-5-8-19-11-14/h5-6,8-11,13,20H,4,7H2,1-3H3. The predicted octanol–water partition coefficient (Wildman–Crippen LogP) is 4.38. The van der Waals surface area contributed by atoms with Gasteiger partial charge in [-0.05, 0) is 56.6 Å². The van der Waals surface area contributed by atoms with E-state index in [0.29, 0.717) is 17.1 Å². The van der Waals surface area contributed by atoms with Crippen molar-refractivity contribution >= 4 is 0 Å². The summed E-state index contributed by atoms with van der Waals surface area (Å²) in [7, 11) is 0. The van der Waals surface area contributed by atoms with Crippen LogP contribution >= 0.6 is 0 Å². The summed E-state index contributed by atoms with van der Waals surface area (Å²) in [4.78, 5) is 4.03. The van der Waals surface area contributed by atoms with Crippen LogP contribution < -0.4 is 10.1 Å². The lowest BCUT2D eigenvalue weighted by Crippen LogP contribution is -2.20. The Labute approximate surface area is 125 Å². The fraction of sp³-hybridized carbons (Fsp3) is 0.353. The van der Waals surface area contributed by atoms with Crippen molar-refractivity contribution in [2.75, 3.05) is 6.54 Å². The lowest BCUT2D eigenvalue weighted by Gasteiger charge is -2.19. The molecule has 1 unspecified atom stereocenters. The summed E-state index contributed by atoms with van der Waals surface area (Å²) in [5.41, 5.74) is 1.38.